The fraction of sp³-hybridized carbons (Fsp3) is 0.438. The molecular weight excluding hydrogens is 346 g/mol. The molecule has 0 spiro atoms. The maximum Gasteiger partial charge on any atom is 0.414 e. The number of hydrogen-bond donors (Lipinski definition) is 0. The molecule has 3 rings (SSSR count). The molecular formula is C16H19N3O5S. The largest absolute Gasteiger partial charge is 0.444 e. The van der Waals surface area contributed by atoms with Crippen LogP contribution in [0, 0.1) is 0 Å². The number of benzene rings is 1. The number of amides is 1. The Kier molecular flexibility index (Phi) is 4.06. The highest BCUT2D eigenvalue weighted by molar-refractivity contribution is 7.92. The van der Waals surface area contributed by atoms with Gasteiger partial charge in [-0.2, -0.15) is 5.10 Å². The lowest BCUT2D eigenvalue weighted by Crippen LogP contribution is -2.40. The molecule has 1 aliphatic rings. The molecule has 134 valence electrons. The van der Waals surface area contributed by atoms with Crippen LogP contribution in [-0.2, 0) is 26.4 Å². The number of rotatable bonds is 5. The second-order valence-electron chi connectivity index (χ2n) is 6.53. The van der Waals surface area contributed by atoms with E-state index in [1.807, 2.05) is 19.2 Å². The Morgan fingerprint density at radius 1 is 1.44 bits per heavy atom. The van der Waals surface area contributed by atoms with E-state index in [2.05, 4.69) is 5.10 Å². The van der Waals surface area contributed by atoms with Crippen molar-refractivity contribution in [2.75, 3.05) is 17.7 Å². The van der Waals surface area contributed by atoms with Gasteiger partial charge in [-0.25, -0.2) is 13.2 Å². The van der Waals surface area contributed by atoms with Crippen molar-refractivity contribution in [1.82, 2.24) is 9.78 Å². The van der Waals surface area contributed by atoms with Crippen molar-refractivity contribution in [2.24, 2.45) is 7.05 Å². The van der Waals surface area contributed by atoms with Crippen LogP contribution in [0.1, 0.15) is 13.3 Å². The first-order valence-corrected chi connectivity index (χ1v) is 9.59. The van der Waals surface area contributed by atoms with Crippen LogP contribution >= 0.6 is 0 Å². The first kappa shape index (κ1) is 17.4. The van der Waals surface area contributed by atoms with E-state index in [1.54, 1.807) is 16.9 Å². The Balaban J connectivity index is 1.83. The molecule has 8 nitrogen and oxygen atoms in total. The molecule has 2 heterocycles. The summed E-state index contributed by atoms with van der Waals surface area (Å²) >= 11 is 0. The lowest BCUT2D eigenvalue weighted by atomic mass is 10.0. The molecule has 1 aromatic carbocycles. The number of cyclic esters (lactones) is 1. The zero-order valence-corrected chi connectivity index (χ0v) is 15.0. The van der Waals surface area contributed by atoms with Crippen molar-refractivity contribution in [3.63, 3.8) is 0 Å². The highest BCUT2D eigenvalue weighted by atomic mass is 32.2. The topological polar surface area (TPSA) is 98.6 Å². The number of nitrogens with zero attached hydrogens (tertiary/aromatic N) is 3. The van der Waals surface area contributed by atoms with E-state index in [0.29, 0.717) is 12.0 Å². The number of aryl methyl sites for hydroxylation is 1. The summed E-state index contributed by atoms with van der Waals surface area (Å²) in [7, 11) is -1.79. The predicted molar refractivity (Wildman–Crippen MR) is 92.3 cm³/mol. The Labute approximate surface area is 145 Å². The van der Waals surface area contributed by atoms with Gasteiger partial charge in [0.05, 0.1) is 18.3 Å². The van der Waals surface area contributed by atoms with Gasteiger partial charge in [-0.15, -0.1) is 0 Å². The second kappa shape index (κ2) is 5.83. The minimum absolute atomic E-state index is 0.0767. The number of hydrogen-bond acceptors (Lipinski definition) is 6. The van der Waals surface area contributed by atoms with E-state index in [9.17, 15) is 18.0 Å². The standard InChI is InChI=1S/C16H19N3O5S/c1-16(10-20,25(3,22)23)7-13-9-19(15(21)24-13)12-4-5-14-11(6-12)8-17-18(14)2/h4-6,8,10,13H,7,9H2,1-3H3. The fourth-order valence-corrected chi connectivity index (χ4v) is 3.56. The zero-order chi connectivity index (χ0) is 18.4. The number of aldehydes is 1. The van der Waals surface area contributed by atoms with E-state index in [4.69, 9.17) is 4.74 Å². The monoisotopic (exact) mass is 365 g/mol. The molecule has 0 saturated carbocycles. The van der Waals surface area contributed by atoms with Gasteiger partial charge in [0.25, 0.3) is 0 Å². The Morgan fingerprint density at radius 3 is 2.80 bits per heavy atom. The van der Waals surface area contributed by atoms with Crippen LogP contribution in [0.25, 0.3) is 10.9 Å². The Hall–Kier alpha value is -2.42. The van der Waals surface area contributed by atoms with E-state index < -0.39 is 26.8 Å². The molecule has 0 aliphatic carbocycles. The van der Waals surface area contributed by atoms with Crippen LogP contribution in [-0.4, -0.2) is 54.2 Å². The van der Waals surface area contributed by atoms with Crippen molar-refractivity contribution >= 4 is 38.8 Å². The Bertz CT molecular complexity index is 952. The van der Waals surface area contributed by atoms with Crippen LogP contribution in [0.3, 0.4) is 0 Å². The normalized spacial score (nSPS) is 20.5. The van der Waals surface area contributed by atoms with Crippen LogP contribution in [0.15, 0.2) is 24.4 Å². The third kappa shape index (κ3) is 2.99. The molecule has 2 atom stereocenters. The summed E-state index contributed by atoms with van der Waals surface area (Å²) in [4.78, 5) is 24.9. The average molecular weight is 365 g/mol. The SMILES string of the molecule is Cn1ncc2cc(N3CC(CC(C)(C=O)S(C)(=O)=O)OC3=O)ccc21. The quantitative estimate of drug-likeness (QED) is 0.741. The van der Waals surface area contributed by atoms with Gasteiger partial charge in [-0.3, -0.25) is 9.58 Å². The Morgan fingerprint density at radius 2 is 2.16 bits per heavy atom. The average Bonchev–Trinajstić information content (AvgIpc) is 3.09. The summed E-state index contributed by atoms with van der Waals surface area (Å²) in [6.07, 6.45) is 1.79. The summed E-state index contributed by atoms with van der Waals surface area (Å²) in [5.41, 5.74) is 1.57. The minimum Gasteiger partial charge on any atom is -0.444 e. The molecule has 25 heavy (non-hydrogen) atoms. The number of carbonyl (C=O) groups is 2. The second-order valence-corrected chi connectivity index (χ2v) is 9.01. The molecule has 1 fully saturated rings. The van der Waals surface area contributed by atoms with Crippen LogP contribution in [0.5, 0.6) is 0 Å². The third-order valence-corrected chi connectivity index (χ3v) is 6.60. The molecule has 1 aliphatic heterocycles. The third-order valence-electron chi connectivity index (χ3n) is 4.64. The lowest BCUT2D eigenvalue weighted by molar-refractivity contribution is -0.110. The number of aromatic nitrogens is 2. The molecule has 1 saturated heterocycles. The maximum atomic E-state index is 12.2. The number of ether oxygens (including phenoxy) is 1. The molecule has 2 unspecified atom stereocenters. The lowest BCUT2D eigenvalue weighted by Gasteiger charge is -2.23. The van der Waals surface area contributed by atoms with Gasteiger partial charge < -0.3 is 9.53 Å². The van der Waals surface area contributed by atoms with Crippen molar-refractivity contribution in [3.8, 4) is 0 Å². The number of anilines is 1. The highest BCUT2D eigenvalue weighted by Gasteiger charge is 2.43. The van der Waals surface area contributed by atoms with Crippen molar-refractivity contribution in [2.45, 2.75) is 24.2 Å². The van der Waals surface area contributed by atoms with Gasteiger partial charge in [-0.1, -0.05) is 0 Å². The highest BCUT2D eigenvalue weighted by Crippen LogP contribution is 2.30. The molecule has 0 N–H and O–H groups in total. The van der Waals surface area contributed by atoms with Gasteiger partial charge in [0.15, 0.2) is 9.84 Å². The molecule has 1 aromatic heterocycles. The summed E-state index contributed by atoms with van der Waals surface area (Å²) in [5.74, 6) is 0. The smallest absolute Gasteiger partial charge is 0.414 e. The van der Waals surface area contributed by atoms with E-state index >= 15 is 0 Å². The summed E-state index contributed by atoms with van der Waals surface area (Å²) < 4.78 is 29.1. The summed E-state index contributed by atoms with van der Waals surface area (Å²) in [6.45, 7) is 1.52. The minimum atomic E-state index is -3.62. The van der Waals surface area contributed by atoms with Crippen molar-refractivity contribution in [1.29, 1.82) is 0 Å². The summed E-state index contributed by atoms with van der Waals surface area (Å²) in [5, 5.41) is 5.04. The van der Waals surface area contributed by atoms with Gasteiger partial charge in [0.1, 0.15) is 17.1 Å². The fourth-order valence-electron chi connectivity index (χ4n) is 2.90. The van der Waals surface area contributed by atoms with E-state index in [0.717, 1.165) is 17.2 Å². The van der Waals surface area contributed by atoms with Gasteiger partial charge in [-0.05, 0) is 25.1 Å². The maximum absolute atomic E-state index is 12.2. The van der Waals surface area contributed by atoms with Crippen LogP contribution in [0.2, 0.25) is 0 Å². The molecule has 0 bridgehead atoms. The molecule has 2 aromatic rings. The molecule has 1 amide bonds. The van der Waals surface area contributed by atoms with Gasteiger partial charge in [0, 0.05) is 30.8 Å². The zero-order valence-electron chi connectivity index (χ0n) is 14.2. The summed E-state index contributed by atoms with van der Waals surface area (Å²) in [6, 6.07) is 5.45. The first-order chi connectivity index (χ1) is 11.6. The number of sulfone groups is 1. The van der Waals surface area contributed by atoms with Gasteiger partial charge >= 0.3 is 6.09 Å². The van der Waals surface area contributed by atoms with Crippen molar-refractivity contribution < 1.29 is 22.7 Å². The molecule has 0 radical (unpaired) electrons. The number of carbonyl (C=O) groups excluding carboxylic acids is 2. The van der Waals surface area contributed by atoms with Crippen LogP contribution < -0.4 is 4.90 Å². The van der Waals surface area contributed by atoms with Crippen molar-refractivity contribution in [3.05, 3.63) is 24.4 Å². The number of fused-ring (bicyclic) bond motifs is 1. The van der Waals surface area contributed by atoms with E-state index in [-0.39, 0.29) is 13.0 Å². The van der Waals surface area contributed by atoms with E-state index in [1.165, 1.54) is 11.8 Å². The van der Waals surface area contributed by atoms with Gasteiger partial charge in [0.2, 0.25) is 0 Å². The van der Waals surface area contributed by atoms with Crippen LogP contribution in [0.4, 0.5) is 10.5 Å². The molecule has 9 heteroatoms. The first-order valence-electron chi connectivity index (χ1n) is 7.70. The predicted octanol–water partition coefficient (Wildman–Crippen LogP) is 1.29.